The van der Waals surface area contributed by atoms with Crippen LogP contribution in [-0.2, 0) is 0 Å². The summed E-state index contributed by atoms with van der Waals surface area (Å²) in [5, 5.41) is 17.3. The lowest BCUT2D eigenvalue weighted by molar-refractivity contribution is 0.159. The van der Waals surface area contributed by atoms with Gasteiger partial charge in [0.15, 0.2) is 0 Å². The maximum absolute atomic E-state index is 9.05. The predicted molar refractivity (Wildman–Crippen MR) is 39.3 cm³/mol. The number of aromatic nitrogens is 1. The Morgan fingerprint density at radius 3 is 2.90 bits per heavy atom. The SMILES string of the molecule is CSc1cc(=N)ccn1O. The summed E-state index contributed by atoms with van der Waals surface area (Å²) in [6.07, 6.45) is 3.30. The zero-order valence-electron chi connectivity index (χ0n) is 5.53. The predicted octanol–water partition coefficient (Wildman–Crippen LogP) is 0.927. The average Bonchev–Trinajstić information content (AvgIpc) is 1.94. The fourth-order valence-electron chi connectivity index (χ4n) is 0.624. The molecular formula is C6H8N2OS. The molecule has 1 aromatic heterocycles. The van der Waals surface area contributed by atoms with Gasteiger partial charge in [0.25, 0.3) is 0 Å². The summed E-state index contributed by atoms with van der Waals surface area (Å²) < 4.78 is 1.00. The molecule has 0 amide bonds. The van der Waals surface area contributed by atoms with Gasteiger partial charge in [-0.3, -0.25) is 0 Å². The van der Waals surface area contributed by atoms with Gasteiger partial charge in [0, 0.05) is 6.20 Å². The molecule has 0 bridgehead atoms. The minimum absolute atomic E-state index is 0.412. The average molecular weight is 156 g/mol. The minimum Gasteiger partial charge on any atom is -0.428 e. The highest BCUT2D eigenvalue weighted by Crippen LogP contribution is 2.08. The second-order valence-electron chi connectivity index (χ2n) is 1.80. The van der Waals surface area contributed by atoms with Crippen LogP contribution in [0.5, 0.6) is 0 Å². The molecular weight excluding hydrogens is 148 g/mol. The highest BCUT2D eigenvalue weighted by Gasteiger charge is 1.92. The largest absolute Gasteiger partial charge is 0.428 e. The van der Waals surface area contributed by atoms with E-state index >= 15 is 0 Å². The standard InChI is InChI=1S/C6H8N2OS/c1-10-6-4-5(7)2-3-8(6)9/h2-4,7,9H,1H3. The van der Waals surface area contributed by atoms with E-state index in [1.807, 2.05) is 6.26 Å². The van der Waals surface area contributed by atoms with E-state index in [1.54, 1.807) is 6.07 Å². The highest BCUT2D eigenvalue weighted by molar-refractivity contribution is 7.98. The smallest absolute Gasteiger partial charge is 0.114 e. The molecule has 54 valence electrons. The highest BCUT2D eigenvalue weighted by atomic mass is 32.2. The summed E-state index contributed by atoms with van der Waals surface area (Å²) in [5.74, 6) is 0. The lowest BCUT2D eigenvalue weighted by atomic mass is 10.5. The molecule has 0 radical (unpaired) electrons. The molecule has 0 aliphatic carbocycles. The summed E-state index contributed by atoms with van der Waals surface area (Å²) in [5.41, 5.74) is 0. The molecule has 10 heavy (non-hydrogen) atoms. The first kappa shape index (κ1) is 7.21. The summed E-state index contributed by atoms with van der Waals surface area (Å²) >= 11 is 1.40. The van der Waals surface area contributed by atoms with Crippen molar-refractivity contribution in [2.24, 2.45) is 0 Å². The first-order chi connectivity index (χ1) is 4.74. The monoisotopic (exact) mass is 156 g/mol. The van der Waals surface area contributed by atoms with Crippen LogP contribution in [0, 0.1) is 5.41 Å². The third-order valence-electron chi connectivity index (χ3n) is 1.11. The summed E-state index contributed by atoms with van der Waals surface area (Å²) in [7, 11) is 0. The van der Waals surface area contributed by atoms with E-state index in [2.05, 4.69) is 0 Å². The van der Waals surface area contributed by atoms with Crippen molar-refractivity contribution in [3.63, 3.8) is 0 Å². The third kappa shape index (κ3) is 1.33. The topological polar surface area (TPSA) is 49.0 Å². The fourth-order valence-corrected chi connectivity index (χ4v) is 1.12. The summed E-state index contributed by atoms with van der Waals surface area (Å²) in [6.45, 7) is 0. The first-order valence-electron chi connectivity index (χ1n) is 2.74. The normalized spacial score (nSPS) is 9.70. The van der Waals surface area contributed by atoms with Crippen molar-refractivity contribution in [2.75, 3.05) is 6.26 Å². The Balaban J connectivity index is 3.22. The molecule has 2 N–H and O–H groups in total. The maximum atomic E-state index is 9.05. The molecule has 0 aromatic carbocycles. The molecule has 1 rings (SSSR count). The number of nitrogens with one attached hydrogen (secondary N) is 1. The Hall–Kier alpha value is -0.900. The van der Waals surface area contributed by atoms with Crippen LogP contribution in [0.15, 0.2) is 23.4 Å². The van der Waals surface area contributed by atoms with Crippen molar-refractivity contribution in [2.45, 2.75) is 5.03 Å². The molecule has 0 aliphatic rings. The van der Waals surface area contributed by atoms with Gasteiger partial charge in [0.2, 0.25) is 0 Å². The van der Waals surface area contributed by atoms with Gasteiger partial charge in [-0.25, -0.2) is 0 Å². The molecule has 0 unspecified atom stereocenters. The van der Waals surface area contributed by atoms with E-state index in [4.69, 9.17) is 10.6 Å². The van der Waals surface area contributed by atoms with Crippen molar-refractivity contribution in [3.8, 4) is 0 Å². The van der Waals surface area contributed by atoms with Gasteiger partial charge in [0.1, 0.15) is 5.03 Å². The molecule has 0 spiro atoms. The van der Waals surface area contributed by atoms with E-state index < -0.39 is 0 Å². The molecule has 0 fully saturated rings. The minimum atomic E-state index is 0.412. The van der Waals surface area contributed by atoms with E-state index in [0.717, 1.165) is 4.73 Å². The Bertz CT molecular complexity index is 281. The molecule has 1 aromatic rings. The molecule has 4 heteroatoms. The van der Waals surface area contributed by atoms with Crippen molar-refractivity contribution in [1.29, 1.82) is 5.41 Å². The zero-order chi connectivity index (χ0) is 7.56. The third-order valence-corrected chi connectivity index (χ3v) is 1.83. The molecule has 0 saturated heterocycles. The van der Waals surface area contributed by atoms with Crippen LogP contribution >= 0.6 is 11.8 Å². The van der Waals surface area contributed by atoms with E-state index in [0.29, 0.717) is 10.4 Å². The van der Waals surface area contributed by atoms with Gasteiger partial charge in [0.05, 0.1) is 5.36 Å². The number of rotatable bonds is 1. The van der Waals surface area contributed by atoms with Crippen LogP contribution in [0.2, 0.25) is 0 Å². The van der Waals surface area contributed by atoms with Crippen LogP contribution in [0.4, 0.5) is 0 Å². The number of hydrogen-bond donors (Lipinski definition) is 2. The molecule has 0 saturated carbocycles. The summed E-state index contributed by atoms with van der Waals surface area (Å²) in [6, 6.07) is 3.13. The van der Waals surface area contributed by atoms with E-state index in [9.17, 15) is 0 Å². The van der Waals surface area contributed by atoms with Crippen LogP contribution in [0.3, 0.4) is 0 Å². The number of thioether (sulfide) groups is 1. The van der Waals surface area contributed by atoms with Gasteiger partial charge < -0.3 is 10.6 Å². The van der Waals surface area contributed by atoms with Crippen LogP contribution in [0.25, 0.3) is 0 Å². The Morgan fingerprint density at radius 2 is 2.40 bits per heavy atom. The second kappa shape index (κ2) is 2.79. The van der Waals surface area contributed by atoms with Gasteiger partial charge >= 0.3 is 0 Å². The van der Waals surface area contributed by atoms with Crippen LogP contribution < -0.4 is 5.36 Å². The van der Waals surface area contributed by atoms with Crippen molar-refractivity contribution in [1.82, 2.24) is 4.73 Å². The van der Waals surface area contributed by atoms with E-state index in [-0.39, 0.29) is 0 Å². The number of hydrogen-bond acceptors (Lipinski definition) is 3. The van der Waals surface area contributed by atoms with E-state index in [1.165, 1.54) is 24.0 Å². The Labute approximate surface area is 62.8 Å². The quantitative estimate of drug-likeness (QED) is 0.469. The van der Waals surface area contributed by atoms with Crippen molar-refractivity contribution < 1.29 is 5.21 Å². The molecule has 3 nitrogen and oxygen atoms in total. The van der Waals surface area contributed by atoms with Crippen LogP contribution in [0.1, 0.15) is 0 Å². The van der Waals surface area contributed by atoms with Crippen molar-refractivity contribution >= 4 is 11.8 Å². The first-order valence-corrected chi connectivity index (χ1v) is 3.97. The molecule has 1 heterocycles. The maximum Gasteiger partial charge on any atom is 0.114 e. The molecule has 0 aliphatic heterocycles. The van der Waals surface area contributed by atoms with Crippen LogP contribution in [-0.4, -0.2) is 16.2 Å². The van der Waals surface area contributed by atoms with Gasteiger partial charge in [-0.2, -0.15) is 4.73 Å². The zero-order valence-corrected chi connectivity index (χ0v) is 6.35. The van der Waals surface area contributed by atoms with Gasteiger partial charge in [-0.05, 0) is 18.4 Å². The lowest BCUT2D eigenvalue weighted by Gasteiger charge is -2.01. The Kier molecular flexibility index (Phi) is 2.01. The fraction of sp³-hybridized carbons (Fsp3) is 0.167. The van der Waals surface area contributed by atoms with Gasteiger partial charge in [-0.1, -0.05) is 0 Å². The molecule has 0 atom stereocenters. The number of pyridine rings is 1. The Morgan fingerprint density at radius 1 is 1.70 bits per heavy atom. The van der Waals surface area contributed by atoms with Crippen molar-refractivity contribution in [3.05, 3.63) is 23.7 Å². The summed E-state index contributed by atoms with van der Waals surface area (Å²) in [4.78, 5) is 0. The van der Waals surface area contributed by atoms with Gasteiger partial charge in [-0.15, -0.1) is 11.8 Å². The second-order valence-corrected chi connectivity index (χ2v) is 2.63. The number of nitrogens with zero attached hydrogens (tertiary/aromatic N) is 1. The lowest BCUT2D eigenvalue weighted by Crippen LogP contribution is -2.04.